The van der Waals surface area contributed by atoms with E-state index in [1.165, 1.54) is 0 Å². The van der Waals surface area contributed by atoms with E-state index in [0.717, 1.165) is 7.14 Å². The Morgan fingerprint density at radius 2 is 2.08 bits per heavy atom. The van der Waals surface area contributed by atoms with E-state index in [0.29, 0.717) is 5.56 Å². The van der Waals surface area contributed by atoms with Gasteiger partial charge in [0.15, 0.2) is 5.78 Å². The maximum atomic E-state index is 11.3. The van der Waals surface area contributed by atoms with Gasteiger partial charge in [-0.15, -0.1) is 11.6 Å². The lowest BCUT2D eigenvalue weighted by Gasteiger charge is -2.04. The highest BCUT2D eigenvalue weighted by Gasteiger charge is 2.14. The van der Waals surface area contributed by atoms with Gasteiger partial charge in [0.25, 0.3) is 0 Å². The van der Waals surface area contributed by atoms with Crippen molar-refractivity contribution in [3.8, 4) is 5.75 Å². The zero-order valence-corrected chi connectivity index (χ0v) is 11.4. The van der Waals surface area contributed by atoms with Crippen molar-refractivity contribution in [2.24, 2.45) is 0 Å². The van der Waals surface area contributed by atoms with Crippen LogP contribution in [0, 0.1) is 7.14 Å². The largest absolute Gasteiger partial charge is 0.507 e. The fourth-order valence-electron chi connectivity index (χ4n) is 0.903. The Balaban J connectivity index is 3.28. The Morgan fingerprint density at radius 1 is 1.46 bits per heavy atom. The number of carbonyl (C=O) groups is 1. The SMILES string of the molecule is O=C(CCl)c1c(O)cc(I)cc1I. The number of halogens is 3. The summed E-state index contributed by atoms with van der Waals surface area (Å²) >= 11 is 9.48. The molecule has 0 aliphatic carbocycles. The number of phenolic OH excluding ortho intramolecular Hbond substituents is 1. The average Bonchev–Trinajstić information content (AvgIpc) is 2.02. The van der Waals surface area contributed by atoms with Crippen molar-refractivity contribution in [1.29, 1.82) is 0 Å². The highest BCUT2D eigenvalue weighted by molar-refractivity contribution is 14.1. The highest BCUT2D eigenvalue weighted by Crippen LogP contribution is 2.26. The van der Waals surface area contributed by atoms with Crippen LogP contribution < -0.4 is 0 Å². The van der Waals surface area contributed by atoms with Gasteiger partial charge in [-0.3, -0.25) is 4.79 Å². The summed E-state index contributed by atoms with van der Waals surface area (Å²) in [6.07, 6.45) is 0. The molecule has 70 valence electrons. The van der Waals surface area contributed by atoms with Gasteiger partial charge in [-0.1, -0.05) is 0 Å². The Kier molecular flexibility index (Phi) is 4.24. The molecule has 0 saturated heterocycles. The van der Waals surface area contributed by atoms with E-state index in [1.54, 1.807) is 6.07 Å². The van der Waals surface area contributed by atoms with E-state index in [1.807, 2.05) is 28.7 Å². The second-order valence-corrected chi connectivity index (χ2v) is 5.01. The quantitative estimate of drug-likeness (QED) is 0.452. The third-order valence-electron chi connectivity index (χ3n) is 1.43. The third kappa shape index (κ3) is 2.69. The van der Waals surface area contributed by atoms with Gasteiger partial charge in [-0.05, 0) is 57.3 Å². The number of phenols is 1. The van der Waals surface area contributed by atoms with Gasteiger partial charge in [-0.25, -0.2) is 0 Å². The summed E-state index contributed by atoms with van der Waals surface area (Å²) in [6, 6.07) is 3.36. The summed E-state index contributed by atoms with van der Waals surface area (Å²) in [6.45, 7) is 0. The minimum Gasteiger partial charge on any atom is -0.507 e. The second-order valence-electron chi connectivity index (χ2n) is 2.34. The fourth-order valence-corrected chi connectivity index (χ4v) is 3.15. The first kappa shape index (κ1) is 11.5. The van der Waals surface area contributed by atoms with Gasteiger partial charge in [0.2, 0.25) is 0 Å². The van der Waals surface area contributed by atoms with E-state index in [-0.39, 0.29) is 17.4 Å². The minimum absolute atomic E-state index is 0.00181. The molecule has 0 aliphatic rings. The van der Waals surface area contributed by atoms with Crippen molar-refractivity contribution in [3.05, 3.63) is 24.8 Å². The molecule has 5 heteroatoms. The van der Waals surface area contributed by atoms with Crippen LogP contribution in [0.25, 0.3) is 0 Å². The summed E-state index contributed by atoms with van der Waals surface area (Å²) < 4.78 is 1.62. The van der Waals surface area contributed by atoms with Crippen molar-refractivity contribution >= 4 is 62.6 Å². The van der Waals surface area contributed by atoms with Gasteiger partial charge >= 0.3 is 0 Å². The van der Waals surface area contributed by atoms with E-state index in [4.69, 9.17) is 11.6 Å². The predicted octanol–water partition coefficient (Wildman–Crippen LogP) is 3.02. The molecule has 0 heterocycles. The van der Waals surface area contributed by atoms with Gasteiger partial charge < -0.3 is 5.11 Å². The van der Waals surface area contributed by atoms with E-state index >= 15 is 0 Å². The molecule has 0 fully saturated rings. The lowest BCUT2D eigenvalue weighted by atomic mass is 10.1. The molecule has 0 amide bonds. The molecule has 0 spiro atoms. The van der Waals surface area contributed by atoms with Crippen LogP contribution in [0.1, 0.15) is 10.4 Å². The first-order valence-electron chi connectivity index (χ1n) is 3.33. The summed E-state index contributed by atoms with van der Waals surface area (Å²) in [7, 11) is 0. The number of Topliss-reactive ketones (excluding diaryl/α,β-unsaturated/α-hetero) is 1. The van der Waals surface area contributed by atoms with Crippen molar-refractivity contribution in [1.82, 2.24) is 0 Å². The van der Waals surface area contributed by atoms with E-state index in [9.17, 15) is 9.90 Å². The zero-order valence-electron chi connectivity index (χ0n) is 6.35. The normalized spacial score (nSPS) is 10.1. The number of carbonyl (C=O) groups excluding carboxylic acids is 1. The van der Waals surface area contributed by atoms with Crippen molar-refractivity contribution < 1.29 is 9.90 Å². The maximum absolute atomic E-state index is 11.3. The number of benzene rings is 1. The van der Waals surface area contributed by atoms with Crippen molar-refractivity contribution in [2.75, 3.05) is 5.88 Å². The first-order chi connectivity index (χ1) is 6.06. The number of alkyl halides is 1. The molecule has 1 N–H and O–H groups in total. The van der Waals surface area contributed by atoms with Gasteiger partial charge in [0.05, 0.1) is 11.4 Å². The van der Waals surface area contributed by atoms with E-state index in [2.05, 4.69) is 22.6 Å². The van der Waals surface area contributed by atoms with Crippen LogP contribution in [0.3, 0.4) is 0 Å². The van der Waals surface area contributed by atoms with Crippen LogP contribution in [0.15, 0.2) is 12.1 Å². The molecular formula is C8H5ClI2O2. The standard InChI is InChI=1S/C8H5ClI2O2/c9-3-7(13)8-5(11)1-4(10)2-6(8)12/h1-2,12H,3H2. The summed E-state index contributed by atoms with van der Waals surface area (Å²) in [4.78, 5) is 11.3. The molecule has 1 aromatic rings. The minimum atomic E-state index is -0.250. The summed E-state index contributed by atoms with van der Waals surface area (Å²) in [5.41, 5.74) is 0.316. The number of hydrogen-bond donors (Lipinski definition) is 1. The van der Waals surface area contributed by atoms with Crippen LogP contribution in [0.2, 0.25) is 0 Å². The molecular weight excluding hydrogens is 417 g/mol. The average molecular weight is 422 g/mol. The zero-order chi connectivity index (χ0) is 10.0. The molecule has 0 aliphatic heterocycles. The van der Waals surface area contributed by atoms with Crippen molar-refractivity contribution in [2.45, 2.75) is 0 Å². The van der Waals surface area contributed by atoms with Gasteiger partial charge in [-0.2, -0.15) is 0 Å². The van der Waals surface area contributed by atoms with Crippen molar-refractivity contribution in [3.63, 3.8) is 0 Å². The lowest BCUT2D eigenvalue weighted by Crippen LogP contribution is -2.03. The van der Waals surface area contributed by atoms with Crippen LogP contribution >= 0.6 is 56.8 Å². The molecule has 13 heavy (non-hydrogen) atoms. The van der Waals surface area contributed by atoms with E-state index < -0.39 is 0 Å². The van der Waals surface area contributed by atoms with Crippen LogP contribution in [-0.4, -0.2) is 16.8 Å². The van der Waals surface area contributed by atoms with Crippen LogP contribution in [0.5, 0.6) is 5.75 Å². The monoisotopic (exact) mass is 422 g/mol. The Morgan fingerprint density at radius 3 is 2.54 bits per heavy atom. The lowest BCUT2D eigenvalue weighted by molar-refractivity contribution is 0.101. The summed E-state index contributed by atoms with van der Waals surface area (Å²) in [5.74, 6) is -0.355. The second kappa shape index (κ2) is 4.79. The molecule has 0 unspecified atom stereocenters. The molecule has 0 radical (unpaired) electrons. The Labute approximate surface area is 108 Å². The molecule has 1 aromatic carbocycles. The first-order valence-corrected chi connectivity index (χ1v) is 6.02. The number of hydrogen-bond acceptors (Lipinski definition) is 2. The van der Waals surface area contributed by atoms with Gasteiger partial charge in [0, 0.05) is 7.14 Å². The Hall–Kier alpha value is 0.440. The topological polar surface area (TPSA) is 37.3 Å². The highest BCUT2D eigenvalue weighted by atomic mass is 127. The number of ketones is 1. The van der Waals surface area contributed by atoms with Crippen LogP contribution in [0.4, 0.5) is 0 Å². The molecule has 2 nitrogen and oxygen atoms in total. The van der Waals surface area contributed by atoms with Gasteiger partial charge in [0.1, 0.15) is 5.75 Å². The smallest absolute Gasteiger partial charge is 0.182 e. The molecule has 0 saturated carbocycles. The molecule has 0 aromatic heterocycles. The predicted molar refractivity (Wildman–Crippen MR) is 68.6 cm³/mol. The molecule has 1 rings (SSSR count). The third-order valence-corrected chi connectivity index (χ3v) is 3.15. The number of rotatable bonds is 2. The number of aromatic hydroxyl groups is 1. The molecule has 0 bridgehead atoms. The molecule has 0 atom stereocenters. The fraction of sp³-hybridized carbons (Fsp3) is 0.125. The maximum Gasteiger partial charge on any atom is 0.182 e. The van der Waals surface area contributed by atoms with Crippen LogP contribution in [-0.2, 0) is 0 Å². The Bertz CT molecular complexity index is 329. The summed E-state index contributed by atoms with van der Waals surface area (Å²) in [5, 5.41) is 9.48.